The Morgan fingerprint density at radius 1 is 0.308 bits per heavy atom. The molecule has 0 amide bonds. The molecule has 26 nitrogen and oxygen atoms in total. The van der Waals surface area contributed by atoms with E-state index in [1.807, 2.05) is 0 Å². The molecule has 0 heterocycles. The summed E-state index contributed by atoms with van der Waals surface area (Å²) in [5.41, 5.74) is 0. The Morgan fingerprint density at radius 3 is 0.590 bits per heavy atom. The zero-order valence-corrected chi connectivity index (χ0v) is 24.0. The van der Waals surface area contributed by atoms with Crippen molar-refractivity contribution in [2.24, 2.45) is 0 Å². The molecular formula is C6H19O26P7. The Bertz CT molecular complexity index is 1140. The van der Waals surface area contributed by atoms with Gasteiger partial charge in [0.2, 0.25) is 0 Å². The minimum absolute atomic E-state index is 3.27. The number of hydrogen-bond donors (Lipinski definition) is 13. The summed E-state index contributed by atoms with van der Waals surface area (Å²) in [6.07, 6.45) is -20.0. The van der Waals surface area contributed by atoms with Crippen molar-refractivity contribution in [3.8, 4) is 0 Å². The molecule has 0 aromatic carbocycles. The van der Waals surface area contributed by atoms with Crippen molar-refractivity contribution >= 4 is 53.7 Å². The average Bonchev–Trinajstić information content (AvgIpc) is 2.58. The molecule has 3 unspecified atom stereocenters. The van der Waals surface area contributed by atoms with Gasteiger partial charge in [-0.1, -0.05) is 0 Å². The van der Waals surface area contributed by atoms with E-state index in [0.717, 1.165) is 0 Å². The third kappa shape index (κ3) is 12.9. The first-order valence-electron chi connectivity index (χ1n) is 8.59. The van der Waals surface area contributed by atoms with Gasteiger partial charge in [-0.3, -0.25) is 27.1 Å². The van der Waals surface area contributed by atoms with Gasteiger partial charge in [0.1, 0.15) is 36.6 Å². The maximum Gasteiger partial charge on any atom is 0.470 e. The monoisotopic (exact) mass is 724 g/mol. The van der Waals surface area contributed by atoms with Crippen LogP contribution >= 0.6 is 53.7 Å². The lowest BCUT2D eigenvalue weighted by Crippen LogP contribution is -2.66. The predicted octanol–water partition coefficient (Wildman–Crippen LogP) is -2.95. The first kappa shape index (κ1) is 37.9. The molecule has 0 bridgehead atoms. The van der Waals surface area contributed by atoms with Crippen LogP contribution in [0.15, 0.2) is 0 Å². The highest BCUT2D eigenvalue weighted by Crippen LogP contribution is 2.76. The fourth-order valence-electron chi connectivity index (χ4n) is 2.85. The van der Waals surface area contributed by atoms with Crippen LogP contribution in [0.1, 0.15) is 0 Å². The van der Waals surface area contributed by atoms with Crippen molar-refractivity contribution in [1.29, 1.82) is 0 Å². The van der Waals surface area contributed by atoms with Crippen LogP contribution < -0.4 is 0 Å². The van der Waals surface area contributed by atoms with Crippen molar-refractivity contribution in [3.63, 3.8) is 0 Å². The Labute approximate surface area is 213 Å². The lowest BCUT2D eigenvalue weighted by atomic mass is 9.85. The van der Waals surface area contributed by atoms with Crippen molar-refractivity contribution in [1.82, 2.24) is 0 Å². The normalized spacial score (nSPS) is 29.7. The summed E-state index contributed by atoms with van der Waals surface area (Å²) in [5.74, 6) is 0. The van der Waals surface area contributed by atoms with Gasteiger partial charge in [0, 0.05) is 0 Å². The number of rotatable bonds is 13. The largest absolute Gasteiger partial charge is 0.470 e. The molecule has 1 rings (SSSR count). The summed E-state index contributed by atoms with van der Waals surface area (Å²) in [4.78, 5) is 120. The van der Waals surface area contributed by atoms with Crippen LogP contribution in [-0.4, -0.2) is 100 Å². The summed E-state index contributed by atoms with van der Waals surface area (Å²) in [6.45, 7) is 0. The smallest absolute Gasteiger partial charge is 0.316 e. The fourth-order valence-corrected chi connectivity index (χ4v) is 7.01. The second-order valence-electron chi connectivity index (χ2n) is 6.88. The van der Waals surface area contributed by atoms with Gasteiger partial charge >= 0.3 is 53.7 Å². The summed E-state index contributed by atoms with van der Waals surface area (Å²) in [7, 11) is -43.7. The SMILES string of the molecule is O=P(O)(O)OC1[C@@H](OP(=O)(O)O)[C@H](OP(=O)(O)O)C(OP(=O)(O)P(=O)(O)O)[C@H](OP(=O)(O)O)[C@H]1OP(=O)(O)O. The molecule has 0 aromatic rings. The maximum absolute atomic E-state index is 12.1. The topological polar surface area (TPSA) is 438 Å². The first-order chi connectivity index (χ1) is 16.8. The molecule has 39 heavy (non-hydrogen) atoms. The molecule has 0 spiro atoms. The second kappa shape index (κ2) is 12.5. The standard InChI is InChI=1S/C6H19O26P7/c7-33(8,9)27-1-2(28-34(10,11)12)4(30-36(16,17)18)6(32-39(25,26)38(22,23)24)5(31-37(19,20)21)3(1)29-35(13,14)15/h1-6H,(H,25,26)(H2,7,8,9)(H2,10,11,12)(H2,13,14,15)(H2,16,17,18)(H2,19,20,21)(H2,22,23,24)/t1?,2-,3+,4+,5-,6?. The Hall–Kier alpha value is 0.850. The van der Waals surface area contributed by atoms with Crippen LogP contribution in [0, 0.1) is 0 Å². The van der Waals surface area contributed by atoms with Crippen LogP contribution in [0.3, 0.4) is 0 Å². The van der Waals surface area contributed by atoms with Gasteiger partial charge in [0.15, 0.2) is 0 Å². The quantitative estimate of drug-likeness (QED) is 0.0844. The summed E-state index contributed by atoms with van der Waals surface area (Å²) in [6, 6.07) is 0. The van der Waals surface area contributed by atoms with Crippen molar-refractivity contribution in [2.75, 3.05) is 0 Å². The van der Waals surface area contributed by atoms with Crippen molar-refractivity contribution in [3.05, 3.63) is 0 Å². The lowest BCUT2D eigenvalue weighted by Gasteiger charge is -2.48. The zero-order valence-electron chi connectivity index (χ0n) is 17.7. The molecular weight excluding hydrogens is 705 g/mol. The van der Waals surface area contributed by atoms with Crippen molar-refractivity contribution < 1.29 is 123 Å². The average molecular weight is 724 g/mol. The number of phosphoric acid groups is 5. The van der Waals surface area contributed by atoms with E-state index in [2.05, 4.69) is 27.1 Å². The molecule has 0 saturated heterocycles. The van der Waals surface area contributed by atoms with E-state index in [0.29, 0.717) is 0 Å². The van der Waals surface area contributed by atoms with E-state index in [9.17, 15) is 85.8 Å². The summed E-state index contributed by atoms with van der Waals surface area (Å²) in [5, 5.41) is 0. The van der Waals surface area contributed by atoms with E-state index in [1.165, 1.54) is 0 Å². The molecule has 0 radical (unpaired) electrons. The van der Waals surface area contributed by atoms with Crippen LogP contribution in [0.4, 0.5) is 0 Å². The highest BCUT2D eigenvalue weighted by molar-refractivity contribution is 8.26. The number of hydrogen-bond acceptors (Lipinski definition) is 13. The Morgan fingerprint density at radius 2 is 0.462 bits per heavy atom. The third-order valence-electron chi connectivity index (χ3n) is 3.83. The second-order valence-corrected chi connectivity index (χ2v) is 18.1. The van der Waals surface area contributed by atoms with E-state index in [4.69, 9.17) is 9.79 Å². The fraction of sp³-hybridized carbons (Fsp3) is 1.00. The Kier molecular flexibility index (Phi) is 12.1. The molecule has 1 aliphatic rings. The highest BCUT2D eigenvalue weighted by atomic mass is 32.1. The minimum atomic E-state index is -6.56. The predicted molar refractivity (Wildman–Crippen MR) is 111 cm³/mol. The molecule has 13 N–H and O–H groups in total. The van der Waals surface area contributed by atoms with Crippen LogP contribution in [-0.2, 0) is 59.1 Å². The van der Waals surface area contributed by atoms with Gasteiger partial charge in [-0.25, -0.2) is 32.0 Å². The Balaban J connectivity index is 4.17. The van der Waals surface area contributed by atoms with Gasteiger partial charge in [-0.2, -0.15) is 0 Å². The molecule has 1 saturated carbocycles. The van der Waals surface area contributed by atoms with Crippen molar-refractivity contribution in [2.45, 2.75) is 36.6 Å². The highest BCUT2D eigenvalue weighted by Gasteiger charge is 2.63. The number of phosphoric ester groups is 5. The van der Waals surface area contributed by atoms with E-state index in [1.54, 1.807) is 0 Å². The van der Waals surface area contributed by atoms with Crippen LogP contribution in [0.2, 0.25) is 0 Å². The van der Waals surface area contributed by atoms with Gasteiger partial charge in [0.05, 0.1) is 0 Å². The molecule has 1 aliphatic carbocycles. The first-order valence-corrected chi connectivity index (χ1v) is 20.1. The lowest BCUT2D eigenvalue weighted by molar-refractivity contribution is -0.199. The third-order valence-corrected chi connectivity index (χ3v) is 9.85. The van der Waals surface area contributed by atoms with Gasteiger partial charge in [-0.05, 0) is 0 Å². The molecule has 234 valence electrons. The summed E-state index contributed by atoms with van der Waals surface area (Å²) >= 11 is 0. The molecule has 1 fully saturated rings. The molecule has 7 atom stereocenters. The van der Waals surface area contributed by atoms with E-state index < -0.39 is 90.3 Å². The molecule has 33 heteroatoms. The molecule has 0 aromatic heterocycles. The minimum Gasteiger partial charge on any atom is -0.316 e. The van der Waals surface area contributed by atoms with E-state index >= 15 is 0 Å². The van der Waals surface area contributed by atoms with E-state index in [-0.39, 0.29) is 0 Å². The van der Waals surface area contributed by atoms with Gasteiger partial charge in [0.25, 0.3) is 0 Å². The maximum atomic E-state index is 12.1. The summed E-state index contributed by atoms with van der Waals surface area (Å²) < 4.78 is 106. The van der Waals surface area contributed by atoms with Crippen LogP contribution in [0.25, 0.3) is 0 Å². The van der Waals surface area contributed by atoms with Crippen LogP contribution in [0.5, 0.6) is 0 Å². The zero-order chi connectivity index (χ0) is 31.2. The van der Waals surface area contributed by atoms with Gasteiger partial charge < -0.3 is 63.6 Å². The van der Waals surface area contributed by atoms with Gasteiger partial charge in [-0.15, -0.1) is 0 Å². The molecule has 0 aliphatic heterocycles.